The first-order chi connectivity index (χ1) is 14.2. The fourth-order valence-electron chi connectivity index (χ4n) is 3.65. The number of pyridine rings is 1. The Hall–Kier alpha value is -2.95. The molecule has 0 spiro atoms. The third-order valence-corrected chi connectivity index (χ3v) is 5.57. The minimum Gasteiger partial charge on any atom is -0.475 e. The molecule has 7 nitrogen and oxygen atoms in total. The van der Waals surface area contributed by atoms with E-state index >= 15 is 0 Å². The molecule has 2 fully saturated rings. The van der Waals surface area contributed by atoms with Crippen molar-refractivity contribution in [1.29, 1.82) is 0 Å². The van der Waals surface area contributed by atoms with Gasteiger partial charge in [0.1, 0.15) is 0 Å². The number of carbonyl (C=O) groups excluding carboxylic acids is 2. The van der Waals surface area contributed by atoms with Crippen molar-refractivity contribution in [3.8, 4) is 0 Å². The number of aliphatic carboxylic acids is 1. The van der Waals surface area contributed by atoms with E-state index in [0.717, 1.165) is 24.3 Å². The number of carbonyl (C=O) groups is 3. The van der Waals surface area contributed by atoms with Crippen LogP contribution < -0.4 is 4.90 Å². The van der Waals surface area contributed by atoms with Crippen molar-refractivity contribution in [1.82, 2.24) is 9.88 Å². The van der Waals surface area contributed by atoms with Gasteiger partial charge >= 0.3 is 12.1 Å². The number of aromatic nitrogens is 1. The van der Waals surface area contributed by atoms with E-state index in [1.165, 1.54) is 0 Å². The number of rotatable bonds is 3. The highest BCUT2D eigenvalue weighted by molar-refractivity contribution is 7.08. The van der Waals surface area contributed by atoms with Gasteiger partial charge in [-0.3, -0.25) is 14.6 Å². The lowest BCUT2D eigenvalue weighted by Gasteiger charge is -2.24. The summed E-state index contributed by atoms with van der Waals surface area (Å²) in [6, 6.07) is 7.68. The van der Waals surface area contributed by atoms with Gasteiger partial charge in [-0.05, 0) is 30.0 Å². The highest BCUT2D eigenvalue weighted by Crippen LogP contribution is 2.36. The van der Waals surface area contributed by atoms with Gasteiger partial charge in [0.2, 0.25) is 11.8 Å². The first kappa shape index (κ1) is 21.8. The van der Waals surface area contributed by atoms with Crippen LogP contribution in [0.2, 0.25) is 0 Å². The minimum atomic E-state index is -5.08. The average Bonchev–Trinajstić information content (AvgIpc) is 3.39. The number of likely N-dealkylation sites (tertiary alicyclic amines) is 1. The highest BCUT2D eigenvalue weighted by Gasteiger charge is 2.48. The number of carboxylic acids is 1. The molecule has 4 rings (SSSR count). The Balaban J connectivity index is 0.000000318. The van der Waals surface area contributed by atoms with Gasteiger partial charge in [0, 0.05) is 30.2 Å². The number of carboxylic acid groups (broad SMARTS) is 1. The predicted octanol–water partition coefficient (Wildman–Crippen LogP) is 2.73. The van der Waals surface area contributed by atoms with Crippen LogP contribution in [-0.4, -0.2) is 57.6 Å². The number of thiophene rings is 1. The Morgan fingerprint density at radius 2 is 1.97 bits per heavy atom. The van der Waals surface area contributed by atoms with Crippen molar-refractivity contribution < 1.29 is 32.7 Å². The van der Waals surface area contributed by atoms with E-state index < -0.39 is 12.1 Å². The van der Waals surface area contributed by atoms with Crippen molar-refractivity contribution in [3.05, 3.63) is 46.9 Å². The zero-order valence-corrected chi connectivity index (χ0v) is 16.4. The number of nitrogens with zero attached hydrogens (tertiary/aromatic N) is 3. The molecule has 0 unspecified atom stereocenters. The molecule has 11 heteroatoms. The van der Waals surface area contributed by atoms with Crippen molar-refractivity contribution in [3.63, 3.8) is 0 Å². The average molecular weight is 441 g/mol. The number of amides is 2. The molecule has 1 N–H and O–H groups in total. The van der Waals surface area contributed by atoms with Gasteiger partial charge in [0.15, 0.2) is 0 Å². The first-order valence-electron chi connectivity index (χ1n) is 9.02. The summed E-state index contributed by atoms with van der Waals surface area (Å²) in [6.45, 7) is 0.717. The van der Waals surface area contributed by atoms with Crippen LogP contribution >= 0.6 is 11.3 Å². The van der Waals surface area contributed by atoms with Crippen molar-refractivity contribution >= 4 is 34.8 Å². The van der Waals surface area contributed by atoms with Gasteiger partial charge in [-0.2, -0.15) is 24.5 Å². The summed E-state index contributed by atoms with van der Waals surface area (Å²) >= 11 is 1.59. The van der Waals surface area contributed by atoms with Gasteiger partial charge in [0.25, 0.3) is 0 Å². The molecule has 2 atom stereocenters. The maximum Gasteiger partial charge on any atom is 0.490 e. The smallest absolute Gasteiger partial charge is 0.475 e. The second-order valence-electron chi connectivity index (χ2n) is 6.76. The normalized spacial score (nSPS) is 20.6. The van der Waals surface area contributed by atoms with E-state index in [2.05, 4.69) is 4.98 Å². The summed E-state index contributed by atoms with van der Waals surface area (Å²) in [5.74, 6) is -2.57. The molecule has 2 amide bonds. The number of halogens is 3. The fourth-order valence-corrected chi connectivity index (χ4v) is 4.27. The maximum atomic E-state index is 12.6. The molecule has 4 heterocycles. The van der Waals surface area contributed by atoms with Gasteiger partial charge < -0.3 is 14.9 Å². The van der Waals surface area contributed by atoms with Crippen LogP contribution in [0.5, 0.6) is 0 Å². The molecule has 30 heavy (non-hydrogen) atoms. The second-order valence-corrected chi connectivity index (χ2v) is 7.54. The summed E-state index contributed by atoms with van der Waals surface area (Å²) < 4.78 is 31.7. The topological polar surface area (TPSA) is 90.8 Å². The minimum absolute atomic E-state index is 0.00128. The largest absolute Gasteiger partial charge is 0.490 e. The first-order valence-corrected chi connectivity index (χ1v) is 9.96. The van der Waals surface area contributed by atoms with Gasteiger partial charge in [-0.1, -0.05) is 6.07 Å². The van der Waals surface area contributed by atoms with Crippen molar-refractivity contribution in [2.75, 3.05) is 11.4 Å². The summed E-state index contributed by atoms with van der Waals surface area (Å²) in [4.78, 5) is 41.9. The van der Waals surface area contributed by atoms with E-state index in [1.807, 2.05) is 44.8 Å². The van der Waals surface area contributed by atoms with Crippen LogP contribution in [0.25, 0.3) is 0 Å². The summed E-state index contributed by atoms with van der Waals surface area (Å²) in [6.07, 6.45) is -1.81. The third-order valence-electron chi connectivity index (χ3n) is 4.90. The molecular formula is C19H18F3N3O4S. The lowest BCUT2D eigenvalue weighted by Crippen LogP contribution is -2.40. The molecular weight excluding hydrogens is 423 g/mol. The number of fused-ring (bicyclic) bond motifs is 1. The molecule has 2 aromatic heterocycles. The lowest BCUT2D eigenvalue weighted by atomic mass is 10.1. The highest BCUT2D eigenvalue weighted by atomic mass is 32.1. The summed E-state index contributed by atoms with van der Waals surface area (Å²) in [5.41, 5.74) is 1.74. The molecule has 2 aliphatic heterocycles. The van der Waals surface area contributed by atoms with Crippen LogP contribution in [0, 0.1) is 0 Å². The van der Waals surface area contributed by atoms with E-state index in [-0.39, 0.29) is 23.9 Å². The number of alkyl halides is 3. The van der Waals surface area contributed by atoms with E-state index in [1.54, 1.807) is 17.5 Å². The quantitative estimate of drug-likeness (QED) is 0.791. The SMILES string of the molecule is O=C(Cc1ccccn1)N1CC[C@@H]2[C@@H]1CC(=O)N2c1ccsc1.O=C(O)C(F)(F)F. The monoisotopic (exact) mass is 441 g/mol. The molecule has 2 saturated heterocycles. The third kappa shape index (κ3) is 4.78. The predicted molar refractivity (Wildman–Crippen MR) is 102 cm³/mol. The Bertz CT molecular complexity index is 906. The van der Waals surface area contributed by atoms with Crippen LogP contribution in [0.15, 0.2) is 41.2 Å². The molecule has 0 bridgehead atoms. The molecule has 160 valence electrons. The Morgan fingerprint density at radius 1 is 1.23 bits per heavy atom. The Kier molecular flexibility index (Phi) is 6.40. The van der Waals surface area contributed by atoms with Crippen molar-refractivity contribution in [2.24, 2.45) is 0 Å². The Labute approximate surface area is 173 Å². The van der Waals surface area contributed by atoms with Crippen LogP contribution in [0.4, 0.5) is 18.9 Å². The fraction of sp³-hybridized carbons (Fsp3) is 0.368. The zero-order chi connectivity index (χ0) is 21.9. The van der Waals surface area contributed by atoms with Gasteiger partial charge in [0.05, 0.1) is 24.2 Å². The molecule has 2 aliphatic rings. The van der Waals surface area contributed by atoms with E-state index in [4.69, 9.17) is 9.90 Å². The van der Waals surface area contributed by atoms with Gasteiger partial charge in [-0.25, -0.2) is 4.79 Å². The number of anilines is 1. The van der Waals surface area contributed by atoms with E-state index in [9.17, 15) is 22.8 Å². The van der Waals surface area contributed by atoms with Gasteiger partial charge in [-0.15, -0.1) is 0 Å². The molecule has 0 aliphatic carbocycles. The van der Waals surface area contributed by atoms with E-state index in [0.29, 0.717) is 12.8 Å². The van der Waals surface area contributed by atoms with Crippen LogP contribution in [0.1, 0.15) is 18.5 Å². The Morgan fingerprint density at radius 3 is 2.53 bits per heavy atom. The standard InChI is InChI=1S/C17H17N3O2S.C2HF3O2/c21-16(9-12-3-1-2-6-18-12)19-7-4-14-15(19)10-17(22)20(14)13-5-8-23-11-13;3-2(4,5)1(6)7/h1-3,5-6,8,11,14-15H,4,7,9-10H2;(H,6,7)/t14-,15+;/m1./s1. The summed E-state index contributed by atoms with van der Waals surface area (Å²) in [7, 11) is 0. The molecule has 0 aromatic carbocycles. The number of hydrogen-bond acceptors (Lipinski definition) is 5. The van der Waals surface area contributed by atoms with Crippen LogP contribution in [-0.2, 0) is 20.8 Å². The molecule has 0 saturated carbocycles. The molecule has 0 radical (unpaired) electrons. The zero-order valence-electron chi connectivity index (χ0n) is 15.6. The van der Waals surface area contributed by atoms with Crippen LogP contribution in [0.3, 0.4) is 0 Å². The van der Waals surface area contributed by atoms with Crippen molar-refractivity contribution in [2.45, 2.75) is 37.5 Å². The second kappa shape index (κ2) is 8.82. The lowest BCUT2D eigenvalue weighted by molar-refractivity contribution is -0.192. The summed E-state index contributed by atoms with van der Waals surface area (Å²) in [5, 5.41) is 11.1. The molecule has 2 aromatic rings. The number of hydrogen-bond donors (Lipinski definition) is 1. The maximum absolute atomic E-state index is 12.6.